The van der Waals surface area contributed by atoms with Crippen LogP contribution in [0.2, 0.25) is 0 Å². The van der Waals surface area contributed by atoms with E-state index in [1.807, 2.05) is 37.3 Å². The van der Waals surface area contributed by atoms with Crippen molar-refractivity contribution >= 4 is 27.5 Å². The van der Waals surface area contributed by atoms with Gasteiger partial charge in [-0.15, -0.1) is 11.3 Å². The molecule has 2 aromatic heterocycles. The summed E-state index contributed by atoms with van der Waals surface area (Å²) in [6.07, 6.45) is 6.19. The van der Waals surface area contributed by atoms with Crippen molar-refractivity contribution in [2.24, 2.45) is 0 Å². The van der Waals surface area contributed by atoms with E-state index in [9.17, 15) is 9.59 Å². The molecule has 0 bridgehead atoms. The first-order valence-corrected chi connectivity index (χ1v) is 10.2. The largest absolute Gasteiger partial charge is 0.459 e. The summed E-state index contributed by atoms with van der Waals surface area (Å²) in [5, 5.41) is 0.700. The zero-order valence-corrected chi connectivity index (χ0v) is 16.1. The summed E-state index contributed by atoms with van der Waals surface area (Å²) in [5.41, 5.74) is 1.94. The number of thiophene rings is 1. The second-order valence-corrected chi connectivity index (χ2v) is 7.95. The minimum Gasteiger partial charge on any atom is -0.459 e. The van der Waals surface area contributed by atoms with E-state index >= 15 is 0 Å². The second-order valence-electron chi connectivity index (χ2n) is 6.87. The number of nitrogens with zero attached hydrogens (tertiary/aromatic N) is 2. The summed E-state index contributed by atoms with van der Waals surface area (Å²) in [6, 6.07) is 8.89. The van der Waals surface area contributed by atoms with Gasteiger partial charge in [0.15, 0.2) is 0 Å². The molecule has 4 rings (SSSR count). The molecule has 140 valence electrons. The van der Waals surface area contributed by atoms with Gasteiger partial charge in [0.05, 0.1) is 11.7 Å². The van der Waals surface area contributed by atoms with Crippen LogP contribution in [0, 0.1) is 0 Å². The number of carbonyl (C=O) groups excluding carboxylic acids is 1. The molecule has 0 N–H and O–H groups in total. The van der Waals surface area contributed by atoms with Crippen molar-refractivity contribution in [2.45, 2.75) is 51.7 Å². The summed E-state index contributed by atoms with van der Waals surface area (Å²) in [5.74, 6) is -0.395. The number of fused-ring (bicyclic) bond motifs is 3. The van der Waals surface area contributed by atoms with Crippen LogP contribution in [-0.4, -0.2) is 15.5 Å². The highest BCUT2D eigenvalue weighted by Crippen LogP contribution is 2.33. The topological polar surface area (TPSA) is 61.2 Å². The third kappa shape index (κ3) is 3.41. The summed E-state index contributed by atoms with van der Waals surface area (Å²) in [4.78, 5) is 32.4. The highest BCUT2D eigenvalue weighted by atomic mass is 32.1. The van der Waals surface area contributed by atoms with Crippen LogP contribution in [0.25, 0.3) is 10.2 Å². The molecule has 6 heteroatoms. The number of hydrogen-bond donors (Lipinski definition) is 0. The van der Waals surface area contributed by atoms with Gasteiger partial charge in [0.25, 0.3) is 5.56 Å². The number of aryl methyl sites for hydroxylation is 2. The second kappa shape index (κ2) is 7.64. The highest BCUT2D eigenvalue weighted by Gasteiger charge is 2.25. The van der Waals surface area contributed by atoms with E-state index in [0.717, 1.165) is 41.6 Å². The van der Waals surface area contributed by atoms with Gasteiger partial charge in [-0.25, -0.2) is 9.78 Å². The lowest BCUT2D eigenvalue weighted by Crippen LogP contribution is -2.31. The van der Waals surface area contributed by atoms with Crippen molar-refractivity contribution in [2.75, 3.05) is 0 Å². The van der Waals surface area contributed by atoms with Crippen LogP contribution in [0.15, 0.2) is 41.5 Å². The Balaban J connectivity index is 1.64. The Hall–Kier alpha value is -2.47. The first-order valence-electron chi connectivity index (χ1n) is 9.41. The van der Waals surface area contributed by atoms with Gasteiger partial charge in [-0.3, -0.25) is 9.36 Å². The summed E-state index contributed by atoms with van der Waals surface area (Å²) >= 11 is 1.62. The van der Waals surface area contributed by atoms with Gasteiger partial charge in [0.1, 0.15) is 17.5 Å². The maximum absolute atomic E-state index is 13.2. The first kappa shape index (κ1) is 17.9. The smallest absolute Gasteiger partial charge is 0.329 e. The van der Waals surface area contributed by atoms with E-state index in [2.05, 4.69) is 4.98 Å². The molecule has 1 aromatic carbocycles. The van der Waals surface area contributed by atoms with Gasteiger partial charge in [-0.1, -0.05) is 37.3 Å². The summed E-state index contributed by atoms with van der Waals surface area (Å²) in [6.45, 7) is 2.09. The number of aromatic nitrogens is 2. The first-order chi connectivity index (χ1) is 13.2. The molecule has 1 unspecified atom stereocenters. The van der Waals surface area contributed by atoms with Gasteiger partial charge >= 0.3 is 5.97 Å². The fourth-order valence-electron chi connectivity index (χ4n) is 3.68. The van der Waals surface area contributed by atoms with Crippen molar-refractivity contribution in [1.29, 1.82) is 0 Å². The Labute approximate surface area is 161 Å². The zero-order chi connectivity index (χ0) is 18.8. The Morgan fingerprint density at radius 1 is 1.26 bits per heavy atom. The Bertz CT molecular complexity index is 1020. The van der Waals surface area contributed by atoms with E-state index in [4.69, 9.17) is 4.74 Å². The number of ether oxygens (including phenoxy) is 1. The molecule has 3 aromatic rings. The van der Waals surface area contributed by atoms with Crippen LogP contribution >= 0.6 is 11.3 Å². The molecule has 1 aliphatic carbocycles. The monoisotopic (exact) mass is 382 g/mol. The van der Waals surface area contributed by atoms with Crippen molar-refractivity contribution in [3.63, 3.8) is 0 Å². The van der Waals surface area contributed by atoms with Crippen LogP contribution in [0.1, 0.15) is 48.2 Å². The fraction of sp³-hybridized carbons (Fsp3) is 0.381. The lowest BCUT2D eigenvalue weighted by atomic mass is 9.97. The average Bonchev–Trinajstić information content (AvgIpc) is 3.09. The molecule has 2 heterocycles. The van der Waals surface area contributed by atoms with Gasteiger partial charge in [-0.2, -0.15) is 0 Å². The third-order valence-electron chi connectivity index (χ3n) is 5.12. The van der Waals surface area contributed by atoms with Crippen LogP contribution in [0.5, 0.6) is 0 Å². The molecular weight excluding hydrogens is 360 g/mol. The van der Waals surface area contributed by atoms with Gasteiger partial charge in [0.2, 0.25) is 0 Å². The van der Waals surface area contributed by atoms with Crippen LogP contribution in [0.4, 0.5) is 0 Å². The molecular formula is C21H22N2O3S. The standard InChI is InChI=1S/C21H22N2O3S/c1-2-16(21(25)26-12-14-8-4-3-5-9-14)23-13-22-19-18(20(23)24)15-10-6-7-11-17(15)27-19/h3-5,8-9,13,16H,2,6-7,10-12H2,1H3. The van der Waals surface area contributed by atoms with Crippen molar-refractivity contribution < 1.29 is 9.53 Å². The lowest BCUT2D eigenvalue weighted by Gasteiger charge is -2.17. The Morgan fingerprint density at radius 2 is 2.04 bits per heavy atom. The van der Waals surface area contributed by atoms with E-state index < -0.39 is 12.0 Å². The molecule has 5 nitrogen and oxygen atoms in total. The lowest BCUT2D eigenvalue weighted by molar-refractivity contribution is -0.149. The summed E-state index contributed by atoms with van der Waals surface area (Å²) < 4.78 is 6.93. The van der Waals surface area contributed by atoms with Crippen LogP contribution in [-0.2, 0) is 29.0 Å². The van der Waals surface area contributed by atoms with E-state index in [-0.39, 0.29) is 12.2 Å². The minimum absolute atomic E-state index is 0.122. The quantitative estimate of drug-likeness (QED) is 0.625. The fourth-order valence-corrected chi connectivity index (χ4v) is 4.90. The van der Waals surface area contributed by atoms with Gasteiger partial charge in [0, 0.05) is 4.88 Å². The predicted molar refractivity (Wildman–Crippen MR) is 106 cm³/mol. The molecule has 0 saturated heterocycles. The van der Waals surface area contributed by atoms with E-state index in [1.165, 1.54) is 15.8 Å². The van der Waals surface area contributed by atoms with Crippen LogP contribution in [0.3, 0.4) is 0 Å². The van der Waals surface area contributed by atoms with Gasteiger partial charge in [-0.05, 0) is 43.2 Å². The molecule has 1 aliphatic rings. The molecule has 0 aliphatic heterocycles. The van der Waals surface area contributed by atoms with Gasteiger partial charge < -0.3 is 4.74 Å². The Kier molecular flexibility index (Phi) is 5.07. The molecule has 0 amide bonds. The highest BCUT2D eigenvalue weighted by molar-refractivity contribution is 7.18. The molecule has 27 heavy (non-hydrogen) atoms. The molecule has 0 spiro atoms. The molecule has 0 saturated carbocycles. The van der Waals surface area contributed by atoms with E-state index in [1.54, 1.807) is 11.3 Å². The van der Waals surface area contributed by atoms with Crippen molar-refractivity contribution in [3.05, 3.63) is 63.0 Å². The average molecular weight is 382 g/mol. The maximum atomic E-state index is 13.2. The number of hydrogen-bond acceptors (Lipinski definition) is 5. The number of carbonyl (C=O) groups is 1. The van der Waals surface area contributed by atoms with Crippen LogP contribution < -0.4 is 5.56 Å². The van der Waals surface area contributed by atoms with Crippen molar-refractivity contribution in [1.82, 2.24) is 9.55 Å². The Morgan fingerprint density at radius 3 is 2.81 bits per heavy atom. The summed E-state index contributed by atoms with van der Waals surface area (Å²) in [7, 11) is 0. The minimum atomic E-state index is -0.655. The SMILES string of the molecule is CCC(C(=O)OCc1ccccc1)n1cnc2sc3c(c2c1=O)CCCC3. The number of rotatable bonds is 5. The normalized spacial score (nSPS) is 14.7. The number of benzene rings is 1. The maximum Gasteiger partial charge on any atom is 0.329 e. The zero-order valence-electron chi connectivity index (χ0n) is 15.3. The predicted octanol–water partition coefficient (Wildman–Crippen LogP) is 4.03. The molecule has 0 fully saturated rings. The molecule has 1 atom stereocenters. The van der Waals surface area contributed by atoms with E-state index in [0.29, 0.717) is 11.8 Å². The third-order valence-corrected chi connectivity index (χ3v) is 6.32. The number of esters is 1. The van der Waals surface area contributed by atoms with Crippen molar-refractivity contribution in [3.8, 4) is 0 Å². The molecule has 0 radical (unpaired) electrons.